The molecule has 3 rings (SSSR count). The van der Waals surface area contributed by atoms with Crippen LogP contribution in [0.3, 0.4) is 0 Å². The van der Waals surface area contributed by atoms with Gasteiger partial charge in [0.1, 0.15) is 11.4 Å². The molecule has 44 heavy (non-hydrogen) atoms. The fraction of sp³-hybridized carbons (Fsp3) is 0.310. The number of pyridine rings is 1. The lowest BCUT2D eigenvalue weighted by Gasteiger charge is -2.22. The summed E-state index contributed by atoms with van der Waals surface area (Å²) in [6.45, 7) is 2.41. The summed E-state index contributed by atoms with van der Waals surface area (Å²) < 4.78 is 94.1. The van der Waals surface area contributed by atoms with Gasteiger partial charge in [-0.05, 0) is 44.5 Å². The second-order valence-electron chi connectivity index (χ2n) is 10.2. The van der Waals surface area contributed by atoms with Crippen molar-refractivity contribution in [1.82, 2.24) is 4.98 Å². The third-order valence-electron chi connectivity index (χ3n) is 5.51. The number of nitrogens with zero attached hydrogens (tertiary/aromatic N) is 1. The molecule has 0 saturated carbocycles. The zero-order valence-corrected chi connectivity index (χ0v) is 23.8. The van der Waals surface area contributed by atoms with E-state index in [4.69, 9.17) is 9.47 Å². The first-order valence-electron chi connectivity index (χ1n) is 12.7. The highest BCUT2D eigenvalue weighted by Gasteiger charge is 2.38. The summed E-state index contributed by atoms with van der Waals surface area (Å²) in [6, 6.07) is 10.2. The average molecular weight is 628 g/mol. The van der Waals surface area contributed by atoms with Gasteiger partial charge in [-0.1, -0.05) is 18.2 Å². The number of carbonyl (C=O) groups is 3. The van der Waals surface area contributed by atoms with Crippen molar-refractivity contribution in [2.24, 2.45) is 0 Å². The van der Waals surface area contributed by atoms with E-state index in [0.717, 1.165) is 0 Å². The largest absolute Gasteiger partial charge is 0.483 e. The molecule has 2 N–H and O–H groups in total. The van der Waals surface area contributed by atoms with Gasteiger partial charge in [-0.15, -0.1) is 0 Å². The maximum Gasteiger partial charge on any atom is 0.422 e. The quantitative estimate of drug-likeness (QED) is 0.146. The Morgan fingerprint density at radius 3 is 2.11 bits per heavy atom. The van der Waals surface area contributed by atoms with Gasteiger partial charge in [-0.3, -0.25) is 14.9 Å². The van der Waals surface area contributed by atoms with Crippen molar-refractivity contribution in [3.05, 3.63) is 65.9 Å². The lowest BCUT2D eigenvalue weighted by molar-refractivity contribution is -0.158. The molecule has 0 radical (unpaired) electrons. The number of amides is 2. The maximum absolute atomic E-state index is 13.8. The summed E-state index contributed by atoms with van der Waals surface area (Å²) in [4.78, 5) is 42.2. The molecule has 0 aliphatic heterocycles. The van der Waals surface area contributed by atoms with Crippen molar-refractivity contribution in [2.45, 2.75) is 45.1 Å². The van der Waals surface area contributed by atoms with Gasteiger partial charge >= 0.3 is 18.4 Å². The minimum absolute atomic E-state index is 0.104. The Hall–Kier alpha value is -4.82. The highest BCUT2D eigenvalue weighted by molar-refractivity contribution is 6.12. The van der Waals surface area contributed by atoms with Crippen molar-refractivity contribution in [3.63, 3.8) is 0 Å². The summed E-state index contributed by atoms with van der Waals surface area (Å²) in [5.41, 5.74) is -2.64. The summed E-state index contributed by atoms with van der Waals surface area (Å²) in [6.07, 6.45) is -10.7. The minimum Gasteiger partial charge on any atom is -0.483 e. The van der Waals surface area contributed by atoms with Crippen LogP contribution in [0, 0.1) is 0 Å². The molecule has 1 heterocycles. The van der Waals surface area contributed by atoms with Gasteiger partial charge in [0.2, 0.25) is 11.8 Å². The molecule has 1 aromatic heterocycles. The van der Waals surface area contributed by atoms with Crippen LogP contribution in [0.4, 0.5) is 42.5 Å². The fourth-order valence-electron chi connectivity index (χ4n) is 3.69. The number of nitrogens with one attached hydrogen (secondary N) is 2. The predicted molar refractivity (Wildman–Crippen MR) is 147 cm³/mol. The maximum atomic E-state index is 13.8. The standard InChI is InChI=1S/C29H27F6N3O6/c1-27(2,3)44-26(41)38-21-12-23(43-15-28(30,31)32)19(29(33,34)35)11-20(21)37-24(40)13-22(39)17-7-5-6-16(10-17)18-8-9-25(42-4)36-14-18/h5-12,14H,13,15H2,1-4H3,(H,37,40)(H,38,41). The molecule has 0 aliphatic carbocycles. The number of ether oxygens (including phenoxy) is 3. The van der Waals surface area contributed by atoms with E-state index in [0.29, 0.717) is 23.1 Å². The van der Waals surface area contributed by atoms with E-state index in [1.807, 2.05) is 0 Å². The predicted octanol–water partition coefficient (Wildman–Crippen LogP) is 7.28. The number of halogens is 6. The third-order valence-corrected chi connectivity index (χ3v) is 5.51. The number of ketones is 1. The molecule has 0 saturated heterocycles. The van der Waals surface area contributed by atoms with Crippen LogP contribution < -0.4 is 20.1 Å². The molecule has 2 amide bonds. The van der Waals surface area contributed by atoms with Crippen molar-refractivity contribution < 1.29 is 54.9 Å². The van der Waals surface area contributed by atoms with E-state index >= 15 is 0 Å². The number of rotatable bonds is 9. The number of alkyl halides is 6. The van der Waals surface area contributed by atoms with E-state index in [2.05, 4.69) is 20.4 Å². The normalized spacial score (nSPS) is 11.9. The zero-order chi connectivity index (χ0) is 32.9. The second-order valence-corrected chi connectivity index (χ2v) is 10.2. The summed E-state index contributed by atoms with van der Waals surface area (Å²) >= 11 is 0. The summed E-state index contributed by atoms with van der Waals surface area (Å²) in [7, 11) is 1.45. The Balaban J connectivity index is 1.90. The number of aromatic nitrogens is 1. The minimum atomic E-state index is -5.22. The number of benzene rings is 2. The molecule has 0 spiro atoms. The van der Waals surface area contributed by atoms with Gasteiger partial charge in [0.05, 0.1) is 30.5 Å². The number of hydrogen-bond acceptors (Lipinski definition) is 7. The number of Topliss-reactive ketones (excluding diaryl/α,β-unsaturated/α-hetero) is 1. The third kappa shape index (κ3) is 9.88. The van der Waals surface area contributed by atoms with Gasteiger partial charge in [0, 0.05) is 29.5 Å². The first-order chi connectivity index (χ1) is 20.3. The smallest absolute Gasteiger partial charge is 0.422 e. The van der Waals surface area contributed by atoms with Gasteiger partial charge in [-0.2, -0.15) is 26.3 Å². The van der Waals surface area contributed by atoms with Crippen LogP contribution in [-0.2, 0) is 15.7 Å². The van der Waals surface area contributed by atoms with Crippen LogP contribution >= 0.6 is 0 Å². The molecule has 0 unspecified atom stereocenters. The molecule has 9 nitrogen and oxygen atoms in total. The van der Waals surface area contributed by atoms with E-state index in [1.165, 1.54) is 46.2 Å². The van der Waals surface area contributed by atoms with Crippen molar-refractivity contribution in [1.29, 1.82) is 0 Å². The SMILES string of the molecule is COc1ccc(-c2cccc(C(=O)CC(=O)Nc3cc(C(F)(F)F)c(OCC(F)(F)F)cc3NC(=O)OC(C)(C)C)c2)cn1. The monoisotopic (exact) mass is 627 g/mol. The molecule has 3 aromatic rings. The van der Waals surface area contributed by atoms with Crippen LogP contribution in [0.25, 0.3) is 11.1 Å². The summed E-state index contributed by atoms with van der Waals surface area (Å²) in [5.74, 6) is -2.67. The van der Waals surface area contributed by atoms with E-state index in [-0.39, 0.29) is 11.6 Å². The lowest BCUT2D eigenvalue weighted by atomic mass is 10.0. The van der Waals surface area contributed by atoms with Gasteiger partial charge in [0.25, 0.3) is 0 Å². The van der Waals surface area contributed by atoms with Crippen LogP contribution in [0.5, 0.6) is 11.6 Å². The second kappa shape index (κ2) is 13.2. The highest BCUT2D eigenvalue weighted by Crippen LogP contribution is 2.42. The Kier molecular flexibility index (Phi) is 10.1. The molecular weight excluding hydrogens is 600 g/mol. The van der Waals surface area contributed by atoms with Crippen LogP contribution in [0.2, 0.25) is 0 Å². The van der Waals surface area contributed by atoms with Crippen molar-refractivity contribution in [3.8, 4) is 22.8 Å². The zero-order valence-electron chi connectivity index (χ0n) is 23.8. The lowest BCUT2D eigenvalue weighted by Crippen LogP contribution is -2.28. The van der Waals surface area contributed by atoms with Gasteiger partial charge < -0.3 is 19.5 Å². The number of hydrogen-bond donors (Lipinski definition) is 2. The number of methoxy groups -OCH3 is 1. The summed E-state index contributed by atoms with van der Waals surface area (Å²) in [5, 5.41) is 4.22. The van der Waals surface area contributed by atoms with Gasteiger partial charge in [-0.25, -0.2) is 9.78 Å². The van der Waals surface area contributed by atoms with Crippen LogP contribution in [0.1, 0.15) is 43.1 Å². The molecule has 0 aliphatic rings. The van der Waals surface area contributed by atoms with E-state index < -0.39 is 71.5 Å². The molecule has 0 bridgehead atoms. The molecule has 0 fully saturated rings. The molecule has 15 heteroatoms. The van der Waals surface area contributed by atoms with E-state index in [1.54, 1.807) is 24.3 Å². The Labute approximate surface area is 247 Å². The van der Waals surface area contributed by atoms with E-state index in [9.17, 15) is 40.7 Å². The first kappa shape index (κ1) is 33.7. The average Bonchev–Trinajstić information content (AvgIpc) is 2.91. The highest BCUT2D eigenvalue weighted by atomic mass is 19.4. The number of carbonyl (C=O) groups excluding carboxylic acids is 3. The van der Waals surface area contributed by atoms with Crippen LogP contribution in [0.15, 0.2) is 54.7 Å². The topological polar surface area (TPSA) is 116 Å². The molecular formula is C29H27F6N3O6. The Morgan fingerprint density at radius 2 is 1.55 bits per heavy atom. The Bertz CT molecular complexity index is 1520. The van der Waals surface area contributed by atoms with Crippen molar-refractivity contribution >= 4 is 29.2 Å². The van der Waals surface area contributed by atoms with Crippen molar-refractivity contribution in [2.75, 3.05) is 24.4 Å². The molecule has 2 aromatic carbocycles. The number of anilines is 2. The van der Waals surface area contributed by atoms with Gasteiger partial charge in [0.15, 0.2) is 12.4 Å². The van der Waals surface area contributed by atoms with Crippen LogP contribution in [-0.4, -0.2) is 48.3 Å². The first-order valence-corrected chi connectivity index (χ1v) is 12.7. The Morgan fingerprint density at radius 1 is 0.864 bits per heavy atom. The molecule has 0 atom stereocenters. The molecule has 236 valence electrons. The fourth-order valence-corrected chi connectivity index (χ4v) is 3.69.